The standard InChI is InChI=1S/C22H34N6O4S2/c1-16(2)18(26-9-5-6-10-26)13-24-34(31,32)20-8-7-17(3)25-22(20)27-11-12-28-19(15-27)21(14-23-28)33(4,29)30/h7-8,14,16,18,24H,5-6,9-13,15H2,1-4H3. The molecule has 188 valence electrons. The predicted octanol–water partition coefficient (Wildman–Crippen LogP) is 1.41. The van der Waals surface area contributed by atoms with Gasteiger partial charge in [0.1, 0.15) is 15.6 Å². The highest BCUT2D eigenvalue weighted by Crippen LogP contribution is 2.29. The van der Waals surface area contributed by atoms with Crippen LogP contribution in [0, 0.1) is 12.8 Å². The number of sulfone groups is 1. The molecule has 12 heteroatoms. The fourth-order valence-corrected chi connectivity index (χ4v) is 6.86. The van der Waals surface area contributed by atoms with E-state index in [4.69, 9.17) is 0 Å². The summed E-state index contributed by atoms with van der Waals surface area (Å²) < 4.78 is 55.8. The van der Waals surface area contributed by atoms with Crippen molar-refractivity contribution in [2.45, 2.75) is 62.5 Å². The summed E-state index contributed by atoms with van der Waals surface area (Å²) in [6.07, 6.45) is 4.80. The minimum atomic E-state index is -3.84. The summed E-state index contributed by atoms with van der Waals surface area (Å²) in [6.45, 7) is 9.49. The molecule has 0 spiro atoms. The molecule has 2 aliphatic heterocycles. The Morgan fingerprint density at radius 3 is 2.38 bits per heavy atom. The largest absolute Gasteiger partial charge is 0.348 e. The predicted molar refractivity (Wildman–Crippen MR) is 130 cm³/mol. The molecule has 1 N–H and O–H groups in total. The van der Waals surface area contributed by atoms with Gasteiger partial charge in [-0.3, -0.25) is 9.58 Å². The highest BCUT2D eigenvalue weighted by molar-refractivity contribution is 7.90. The molecule has 2 aromatic heterocycles. The van der Waals surface area contributed by atoms with Crippen LogP contribution in [0.5, 0.6) is 0 Å². The van der Waals surface area contributed by atoms with Gasteiger partial charge >= 0.3 is 0 Å². The summed E-state index contributed by atoms with van der Waals surface area (Å²) in [5.41, 5.74) is 1.23. The fourth-order valence-electron chi connectivity index (χ4n) is 4.81. The van der Waals surface area contributed by atoms with Crippen molar-refractivity contribution >= 4 is 25.7 Å². The Kier molecular flexibility index (Phi) is 7.05. The van der Waals surface area contributed by atoms with E-state index in [2.05, 4.69) is 33.6 Å². The van der Waals surface area contributed by atoms with Crippen molar-refractivity contribution in [3.8, 4) is 0 Å². The van der Waals surface area contributed by atoms with E-state index in [0.717, 1.165) is 32.2 Å². The molecule has 2 aliphatic rings. The lowest BCUT2D eigenvalue weighted by molar-refractivity contribution is 0.193. The first kappa shape index (κ1) is 25.1. The summed E-state index contributed by atoms with van der Waals surface area (Å²) in [5.74, 6) is 0.648. The number of nitrogens with zero attached hydrogens (tertiary/aromatic N) is 5. The van der Waals surface area contributed by atoms with E-state index >= 15 is 0 Å². The smallest absolute Gasteiger partial charge is 0.244 e. The van der Waals surface area contributed by atoms with Gasteiger partial charge in [-0.1, -0.05) is 13.8 Å². The van der Waals surface area contributed by atoms with Crippen molar-refractivity contribution in [3.63, 3.8) is 0 Å². The summed E-state index contributed by atoms with van der Waals surface area (Å²) in [5, 5.41) is 4.20. The molecular formula is C22H34N6O4S2. The Hall–Kier alpha value is -2.02. The minimum Gasteiger partial charge on any atom is -0.348 e. The van der Waals surface area contributed by atoms with Crippen LogP contribution in [0.2, 0.25) is 0 Å². The van der Waals surface area contributed by atoms with E-state index in [-0.39, 0.29) is 22.4 Å². The first-order chi connectivity index (χ1) is 16.0. The average molecular weight is 511 g/mol. The van der Waals surface area contributed by atoms with Crippen LogP contribution in [0.15, 0.2) is 28.1 Å². The third-order valence-electron chi connectivity index (χ3n) is 6.66. The number of fused-ring (bicyclic) bond motifs is 1. The maximum absolute atomic E-state index is 13.5. The molecule has 0 radical (unpaired) electrons. The highest BCUT2D eigenvalue weighted by Gasteiger charge is 2.31. The summed E-state index contributed by atoms with van der Waals surface area (Å²) >= 11 is 0. The van der Waals surface area contributed by atoms with E-state index < -0.39 is 19.9 Å². The second-order valence-electron chi connectivity index (χ2n) is 9.55. The quantitative estimate of drug-likeness (QED) is 0.566. The molecule has 0 bridgehead atoms. The van der Waals surface area contributed by atoms with Gasteiger partial charge < -0.3 is 4.90 Å². The molecule has 0 saturated carbocycles. The summed E-state index contributed by atoms with van der Waals surface area (Å²) in [6, 6.07) is 3.40. The number of aryl methyl sites for hydroxylation is 1. The maximum atomic E-state index is 13.5. The van der Waals surface area contributed by atoms with Crippen LogP contribution in [0.1, 0.15) is 38.1 Å². The first-order valence-corrected chi connectivity index (χ1v) is 15.1. The van der Waals surface area contributed by atoms with Gasteiger partial charge in [-0.05, 0) is 50.9 Å². The zero-order valence-electron chi connectivity index (χ0n) is 20.2. The number of sulfonamides is 1. The SMILES string of the molecule is Cc1ccc(S(=O)(=O)NCC(C(C)C)N2CCCC2)c(N2CCn3ncc(S(C)(=O)=O)c3C2)n1. The molecule has 4 rings (SSSR count). The van der Waals surface area contributed by atoms with Crippen LogP contribution in [0.3, 0.4) is 0 Å². The Labute approximate surface area is 202 Å². The van der Waals surface area contributed by atoms with Gasteiger partial charge in [0.25, 0.3) is 0 Å². The van der Waals surface area contributed by atoms with E-state index in [1.54, 1.807) is 16.8 Å². The van der Waals surface area contributed by atoms with Gasteiger partial charge in [0.05, 0.1) is 25.0 Å². The van der Waals surface area contributed by atoms with Gasteiger partial charge in [-0.15, -0.1) is 0 Å². The van der Waals surface area contributed by atoms with Crippen LogP contribution >= 0.6 is 0 Å². The zero-order valence-corrected chi connectivity index (χ0v) is 21.9. The van der Waals surface area contributed by atoms with E-state index in [1.807, 2.05) is 11.8 Å². The van der Waals surface area contributed by atoms with Crippen molar-refractivity contribution in [2.24, 2.45) is 5.92 Å². The lowest BCUT2D eigenvalue weighted by Gasteiger charge is -2.32. The molecule has 1 atom stereocenters. The maximum Gasteiger partial charge on any atom is 0.244 e. The number of hydrogen-bond donors (Lipinski definition) is 1. The number of anilines is 1. The number of nitrogens with one attached hydrogen (secondary N) is 1. The van der Waals surface area contributed by atoms with Crippen LogP contribution < -0.4 is 9.62 Å². The van der Waals surface area contributed by atoms with Crippen LogP contribution in [0.4, 0.5) is 5.82 Å². The summed E-state index contributed by atoms with van der Waals surface area (Å²) in [4.78, 5) is 9.03. The van der Waals surface area contributed by atoms with Crippen LogP contribution in [0.25, 0.3) is 0 Å². The van der Waals surface area contributed by atoms with Crippen LogP contribution in [-0.2, 0) is 33.0 Å². The third-order valence-corrected chi connectivity index (χ3v) is 9.25. The molecule has 1 saturated heterocycles. The van der Waals surface area contributed by atoms with E-state index in [9.17, 15) is 16.8 Å². The number of hydrogen-bond acceptors (Lipinski definition) is 8. The fraction of sp³-hybridized carbons (Fsp3) is 0.636. The molecule has 10 nitrogen and oxygen atoms in total. The Morgan fingerprint density at radius 2 is 1.74 bits per heavy atom. The van der Waals surface area contributed by atoms with E-state index in [0.29, 0.717) is 42.8 Å². The normalized spacial score (nSPS) is 18.4. The molecule has 2 aromatic rings. The zero-order chi connectivity index (χ0) is 24.7. The molecule has 1 unspecified atom stereocenters. The second-order valence-corrected chi connectivity index (χ2v) is 13.3. The van der Waals surface area contributed by atoms with Gasteiger partial charge in [0.2, 0.25) is 10.0 Å². The molecule has 4 heterocycles. The molecule has 34 heavy (non-hydrogen) atoms. The van der Waals surface area contributed by atoms with Crippen molar-refractivity contribution in [3.05, 3.63) is 29.7 Å². The van der Waals surface area contributed by atoms with Gasteiger partial charge in [-0.25, -0.2) is 26.5 Å². The minimum absolute atomic E-state index is 0.107. The Bertz CT molecular complexity index is 1250. The lowest BCUT2D eigenvalue weighted by atomic mass is 10.0. The number of aromatic nitrogens is 3. The number of rotatable bonds is 8. The topological polar surface area (TPSA) is 117 Å². The molecule has 0 aromatic carbocycles. The van der Waals surface area contributed by atoms with Crippen LogP contribution in [-0.4, -0.2) is 75.0 Å². The molecule has 0 aliphatic carbocycles. The van der Waals surface area contributed by atoms with Gasteiger partial charge in [0, 0.05) is 31.1 Å². The number of likely N-dealkylation sites (tertiary alicyclic amines) is 1. The van der Waals surface area contributed by atoms with E-state index in [1.165, 1.54) is 6.20 Å². The van der Waals surface area contributed by atoms with Crippen molar-refractivity contribution < 1.29 is 16.8 Å². The van der Waals surface area contributed by atoms with Gasteiger partial charge in [0.15, 0.2) is 9.84 Å². The Morgan fingerprint density at radius 1 is 1.03 bits per heavy atom. The van der Waals surface area contributed by atoms with Crippen molar-refractivity contribution in [2.75, 3.05) is 37.3 Å². The average Bonchev–Trinajstić information content (AvgIpc) is 3.42. The molecule has 0 amide bonds. The second kappa shape index (κ2) is 9.56. The first-order valence-electron chi connectivity index (χ1n) is 11.7. The molecular weight excluding hydrogens is 476 g/mol. The summed E-state index contributed by atoms with van der Waals surface area (Å²) in [7, 11) is -7.29. The third kappa shape index (κ3) is 5.14. The van der Waals surface area contributed by atoms with Crippen molar-refractivity contribution in [1.29, 1.82) is 0 Å². The highest BCUT2D eigenvalue weighted by atomic mass is 32.2. The monoisotopic (exact) mass is 510 g/mol. The van der Waals surface area contributed by atoms with Crippen molar-refractivity contribution in [1.82, 2.24) is 24.4 Å². The lowest BCUT2D eigenvalue weighted by Crippen LogP contribution is -2.46. The Balaban J connectivity index is 1.62. The van der Waals surface area contributed by atoms with Gasteiger partial charge in [-0.2, -0.15) is 5.10 Å². The molecule has 1 fully saturated rings. The number of pyridine rings is 1.